The third-order valence-corrected chi connectivity index (χ3v) is 7.90. The Morgan fingerprint density at radius 3 is 2.60 bits per heavy atom. The van der Waals surface area contributed by atoms with E-state index in [9.17, 15) is 0 Å². The number of rotatable bonds is 6. The molecule has 0 bridgehead atoms. The van der Waals surface area contributed by atoms with Crippen molar-refractivity contribution in [3.63, 3.8) is 0 Å². The van der Waals surface area contributed by atoms with E-state index < -0.39 is 0 Å². The van der Waals surface area contributed by atoms with Crippen LogP contribution in [0.5, 0.6) is 0 Å². The van der Waals surface area contributed by atoms with Crippen LogP contribution in [-0.2, 0) is 4.74 Å². The van der Waals surface area contributed by atoms with Crippen LogP contribution in [0.4, 0.5) is 0 Å². The first-order chi connectivity index (χ1) is 9.67. The van der Waals surface area contributed by atoms with Gasteiger partial charge in [0.05, 0.1) is 5.60 Å². The van der Waals surface area contributed by atoms with E-state index in [-0.39, 0.29) is 5.60 Å². The van der Waals surface area contributed by atoms with Gasteiger partial charge in [0.2, 0.25) is 0 Å². The number of hydrogen-bond acceptors (Lipinski definition) is 4. The van der Waals surface area contributed by atoms with Crippen LogP contribution in [0.25, 0.3) is 0 Å². The molecular weight excluding hydrogens is 286 g/mol. The van der Waals surface area contributed by atoms with Gasteiger partial charge in [-0.1, -0.05) is 13.8 Å². The van der Waals surface area contributed by atoms with Crippen LogP contribution in [0.3, 0.4) is 0 Å². The number of hydrogen-bond donors (Lipinski definition) is 1. The quantitative estimate of drug-likeness (QED) is 0.800. The SMILES string of the molecule is CCC(CC)(CNC1CCOC2(CCSCC2)C1)SC. The van der Waals surface area contributed by atoms with E-state index in [0.717, 1.165) is 13.2 Å². The van der Waals surface area contributed by atoms with Crippen molar-refractivity contribution < 1.29 is 4.74 Å². The first-order valence-electron chi connectivity index (χ1n) is 8.18. The van der Waals surface area contributed by atoms with Crippen LogP contribution in [0, 0.1) is 0 Å². The van der Waals surface area contributed by atoms with Crippen LogP contribution in [0.15, 0.2) is 0 Å². The Balaban J connectivity index is 1.86. The molecule has 4 heteroatoms. The molecule has 0 aromatic heterocycles. The Labute approximate surface area is 133 Å². The van der Waals surface area contributed by atoms with E-state index in [1.165, 1.54) is 50.0 Å². The van der Waals surface area contributed by atoms with Crippen molar-refractivity contribution in [2.75, 3.05) is 30.9 Å². The second kappa shape index (κ2) is 7.75. The Bertz CT molecular complexity index is 274. The summed E-state index contributed by atoms with van der Waals surface area (Å²) < 4.78 is 6.61. The highest BCUT2D eigenvalue weighted by atomic mass is 32.2. The molecule has 20 heavy (non-hydrogen) atoms. The van der Waals surface area contributed by atoms with Gasteiger partial charge in [0.1, 0.15) is 0 Å². The van der Waals surface area contributed by atoms with E-state index in [1.807, 2.05) is 11.8 Å². The molecule has 0 aromatic rings. The highest BCUT2D eigenvalue weighted by molar-refractivity contribution is 8.00. The van der Waals surface area contributed by atoms with Crippen molar-refractivity contribution in [2.45, 2.75) is 68.8 Å². The molecule has 2 nitrogen and oxygen atoms in total. The molecule has 0 amide bonds. The van der Waals surface area contributed by atoms with Crippen molar-refractivity contribution in [1.82, 2.24) is 5.32 Å². The van der Waals surface area contributed by atoms with E-state index in [1.54, 1.807) is 0 Å². The van der Waals surface area contributed by atoms with Crippen molar-refractivity contribution in [2.24, 2.45) is 0 Å². The van der Waals surface area contributed by atoms with Gasteiger partial charge in [0, 0.05) is 23.9 Å². The van der Waals surface area contributed by atoms with E-state index in [4.69, 9.17) is 4.74 Å². The lowest BCUT2D eigenvalue weighted by atomic mass is 9.85. The summed E-state index contributed by atoms with van der Waals surface area (Å²) >= 11 is 4.12. The van der Waals surface area contributed by atoms with Gasteiger partial charge in [-0.2, -0.15) is 23.5 Å². The highest BCUT2D eigenvalue weighted by Crippen LogP contribution is 2.38. The fourth-order valence-corrected chi connectivity index (χ4v) is 5.53. The monoisotopic (exact) mass is 317 g/mol. The largest absolute Gasteiger partial charge is 0.375 e. The summed E-state index contributed by atoms with van der Waals surface area (Å²) in [5.41, 5.74) is 0.210. The van der Waals surface area contributed by atoms with Gasteiger partial charge in [0.25, 0.3) is 0 Å². The van der Waals surface area contributed by atoms with Crippen molar-refractivity contribution in [3.8, 4) is 0 Å². The molecule has 118 valence electrons. The maximum absolute atomic E-state index is 6.19. The predicted octanol–water partition coefficient (Wildman–Crippen LogP) is 3.94. The molecular formula is C16H31NOS2. The maximum atomic E-state index is 6.19. The minimum Gasteiger partial charge on any atom is -0.375 e. The third-order valence-electron chi connectivity index (χ3n) is 5.33. The first kappa shape index (κ1) is 17.0. The van der Waals surface area contributed by atoms with Gasteiger partial charge in [-0.3, -0.25) is 0 Å². The van der Waals surface area contributed by atoms with E-state index in [2.05, 4.69) is 37.2 Å². The average Bonchev–Trinajstić information content (AvgIpc) is 2.50. The lowest BCUT2D eigenvalue weighted by Gasteiger charge is -2.44. The standard InChI is InChI=1S/C16H31NOS2/c1-4-16(5-2,19-3)13-17-14-6-9-18-15(12-14)7-10-20-11-8-15/h14,17H,4-13H2,1-3H3. The van der Waals surface area contributed by atoms with Gasteiger partial charge in [-0.15, -0.1) is 0 Å². The van der Waals surface area contributed by atoms with Crippen LogP contribution < -0.4 is 5.32 Å². The molecule has 1 atom stereocenters. The summed E-state index contributed by atoms with van der Waals surface area (Å²) in [7, 11) is 0. The zero-order valence-corrected chi connectivity index (χ0v) is 15.0. The fraction of sp³-hybridized carbons (Fsp3) is 1.00. The fourth-order valence-electron chi connectivity index (χ4n) is 3.49. The predicted molar refractivity (Wildman–Crippen MR) is 93.1 cm³/mol. The van der Waals surface area contributed by atoms with Crippen LogP contribution in [0.1, 0.15) is 52.4 Å². The maximum Gasteiger partial charge on any atom is 0.0713 e. The van der Waals surface area contributed by atoms with Gasteiger partial charge in [0.15, 0.2) is 0 Å². The van der Waals surface area contributed by atoms with Crippen molar-refractivity contribution >= 4 is 23.5 Å². The summed E-state index contributed by atoms with van der Waals surface area (Å²) in [5, 5.41) is 3.88. The Hall–Kier alpha value is 0.620. The van der Waals surface area contributed by atoms with Crippen LogP contribution in [0.2, 0.25) is 0 Å². The van der Waals surface area contributed by atoms with Crippen molar-refractivity contribution in [3.05, 3.63) is 0 Å². The molecule has 1 N–H and O–H groups in total. The Kier molecular flexibility index (Phi) is 6.58. The zero-order valence-electron chi connectivity index (χ0n) is 13.4. The summed E-state index contributed by atoms with van der Waals surface area (Å²) in [6.45, 7) is 6.75. The Morgan fingerprint density at radius 2 is 2.00 bits per heavy atom. The normalized spacial score (nSPS) is 26.9. The van der Waals surface area contributed by atoms with Gasteiger partial charge in [-0.25, -0.2) is 0 Å². The first-order valence-corrected chi connectivity index (χ1v) is 10.6. The molecule has 1 spiro atoms. The summed E-state index contributed by atoms with van der Waals surface area (Å²) in [5.74, 6) is 2.57. The lowest BCUT2D eigenvalue weighted by Crippen LogP contribution is -2.51. The van der Waals surface area contributed by atoms with Gasteiger partial charge >= 0.3 is 0 Å². The van der Waals surface area contributed by atoms with Gasteiger partial charge in [-0.05, 0) is 56.3 Å². The molecule has 0 radical (unpaired) electrons. The number of ether oxygens (including phenoxy) is 1. The molecule has 2 rings (SSSR count). The molecule has 1 unspecified atom stereocenters. The minimum absolute atomic E-state index is 0.210. The van der Waals surface area contributed by atoms with Gasteiger partial charge < -0.3 is 10.1 Å². The molecule has 0 saturated carbocycles. The van der Waals surface area contributed by atoms with E-state index >= 15 is 0 Å². The average molecular weight is 318 g/mol. The van der Waals surface area contributed by atoms with Crippen molar-refractivity contribution in [1.29, 1.82) is 0 Å². The minimum atomic E-state index is 0.210. The Morgan fingerprint density at radius 1 is 1.30 bits per heavy atom. The zero-order chi connectivity index (χ0) is 14.5. The number of thioether (sulfide) groups is 2. The summed E-state index contributed by atoms with van der Waals surface area (Å²) in [6.07, 6.45) is 9.69. The lowest BCUT2D eigenvalue weighted by molar-refractivity contribution is -0.0932. The molecule has 0 aromatic carbocycles. The summed E-state index contributed by atoms with van der Waals surface area (Å²) in [4.78, 5) is 0. The molecule has 2 aliphatic rings. The van der Waals surface area contributed by atoms with Crippen LogP contribution in [-0.4, -0.2) is 47.3 Å². The smallest absolute Gasteiger partial charge is 0.0713 e. The molecule has 2 aliphatic heterocycles. The molecule has 2 saturated heterocycles. The second-order valence-electron chi connectivity index (χ2n) is 6.31. The topological polar surface area (TPSA) is 21.3 Å². The summed E-state index contributed by atoms with van der Waals surface area (Å²) in [6, 6.07) is 0.663. The highest BCUT2D eigenvalue weighted by Gasteiger charge is 2.39. The molecule has 0 aliphatic carbocycles. The van der Waals surface area contributed by atoms with Crippen LogP contribution >= 0.6 is 23.5 Å². The van der Waals surface area contributed by atoms with E-state index in [0.29, 0.717) is 10.8 Å². The molecule has 2 heterocycles. The third kappa shape index (κ3) is 4.08. The number of nitrogens with one attached hydrogen (secondary N) is 1. The molecule has 2 fully saturated rings. The second-order valence-corrected chi connectivity index (χ2v) is 8.81.